The topological polar surface area (TPSA) is 96.8 Å². The minimum Gasteiger partial charge on any atom is -0.507 e. The lowest BCUT2D eigenvalue weighted by Crippen LogP contribution is -2.29. The van der Waals surface area contributed by atoms with Gasteiger partial charge in [0.15, 0.2) is 5.13 Å². The average Bonchev–Trinajstić information content (AvgIpc) is 3.31. The first-order chi connectivity index (χ1) is 15.3. The molecule has 1 fully saturated rings. The Morgan fingerprint density at radius 2 is 1.78 bits per heavy atom. The molecule has 1 amide bonds. The fourth-order valence-corrected chi connectivity index (χ4v) is 4.65. The molecule has 1 N–H and O–H groups in total. The maximum Gasteiger partial charge on any atom is 0.350 e. The second-order valence-electron chi connectivity index (χ2n) is 6.99. The van der Waals surface area contributed by atoms with Gasteiger partial charge in [-0.15, -0.1) is 0 Å². The second kappa shape index (κ2) is 8.57. The van der Waals surface area contributed by atoms with Crippen molar-refractivity contribution in [2.45, 2.75) is 13.0 Å². The highest BCUT2D eigenvalue weighted by Gasteiger charge is 2.48. The summed E-state index contributed by atoms with van der Waals surface area (Å²) in [6, 6.07) is 14.2. The summed E-state index contributed by atoms with van der Waals surface area (Å²) in [6.07, 6.45) is 0. The van der Waals surface area contributed by atoms with E-state index in [0.29, 0.717) is 21.8 Å². The molecule has 0 saturated carbocycles. The minimum absolute atomic E-state index is 0.0732. The molecule has 1 aliphatic heterocycles. The van der Waals surface area contributed by atoms with Crippen molar-refractivity contribution in [3.8, 4) is 0 Å². The predicted molar refractivity (Wildman–Crippen MR) is 121 cm³/mol. The summed E-state index contributed by atoms with van der Waals surface area (Å²) in [5.74, 6) is -2.60. The van der Waals surface area contributed by atoms with Crippen LogP contribution in [0.15, 0.2) is 60.2 Å². The number of aliphatic hydroxyl groups is 1. The highest BCUT2D eigenvalue weighted by atomic mass is 35.5. The lowest BCUT2D eigenvalue weighted by molar-refractivity contribution is -0.132. The van der Waals surface area contributed by atoms with Gasteiger partial charge in [-0.2, -0.15) is 0 Å². The van der Waals surface area contributed by atoms with E-state index >= 15 is 0 Å². The number of aromatic nitrogens is 1. The number of anilines is 1. The lowest BCUT2D eigenvalue weighted by atomic mass is 9.95. The smallest absolute Gasteiger partial charge is 0.350 e. The van der Waals surface area contributed by atoms with Gasteiger partial charge in [0.2, 0.25) is 0 Å². The third-order valence-corrected chi connectivity index (χ3v) is 6.43. The van der Waals surface area contributed by atoms with E-state index in [1.54, 1.807) is 61.5 Å². The van der Waals surface area contributed by atoms with E-state index in [9.17, 15) is 19.5 Å². The van der Waals surface area contributed by atoms with Crippen LogP contribution in [0.5, 0.6) is 0 Å². The number of amides is 1. The van der Waals surface area contributed by atoms with Crippen LogP contribution in [0.4, 0.5) is 5.13 Å². The molecular formula is C23H17ClN2O5S. The van der Waals surface area contributed by atoms with Crippen LogP contribution in [0.3, 0.4) is 0 Å². The highest BCUT2D eigenvalue weighted by Crippen LogP contribution is 2.43. The van der Waals surface area contributed by atoms with E-state index < -0.39 is 23.7 Å². The Labute approximate surface area is 192 Å². The molecule has 2 heterocycles. The number of methoxy groups -OCH3 is 1. The Morgan fingerprint density at radius 1 is 1.12 bits per heavy atom. The van der Waals surface area contributed by atoms with Crippen molar-refractivity contribution in [2.75, 3.05) is 12.0 Å². The van der Waals surface area contributed by atoms with Gasteiger partial charge in [0, 0.05) is 10.6 Å². The van der Waals surface area contributed by atoms with Gasteiger partial charge in [-0.05, 0) is 36.8 Å². The number of thiazole rings is 1. The first-order valence-electron chi connectivity index (χ1n) is 9.51. The molecule has 2 aromatic carbocycles. The van der Waals surface area contributed by atoms with Crippen molar-refractivity contribution in [1.29, 1.82) is 0 Å². The van der Waals surface area contributed by atoms with Crippen molar-refractivity contribution >= 4 is 51.5 Å². The first-order valence-corrected chi connectivity index (χ1v) is 10.7. The Kier molecular flexibility index (Phi) is 5.82. The molecule has 3 aromatic rings. The van der Waals surface area contributed by atoms with Crippen molar-refractivity contribution < 1.29 is 24.2 Å². The van der Waals surface area contributed by atoms with Crippen LogP contribution in [0.25, 0.3) is 5.76 Å². The average molecular weight is 469 g/mol. The van der Waals surface area contributed by atoms with Crippen LogP contribution in [-0.2, 0) is 14.3 Å². The lowest BCUT2D eigenvalue weighted by Gasteiger charge is -2.22. The van der Waals surface area contributed by atoms with Gasteiger partial charge in [0.1, 0.15) is 10.6 Å². The fourth-order valence-electron chi connectivity index (χ4n) is 3.51. The van der Waals surface area contributed by atoms with Crippen LogP contribution in [0, 0.1) is 6.92 Å². The van der Waals surface area contributed by atoms with Gasteiger partial charge in [0.05, 0.1) is 24.4 Å². The summed E-state index contributed by atoms with van der Waals surface area (Å²) in [5.41, 5.74) is 1.26. The number of aliphatic hydroxyl groups excluding tert-OH is 1. The number of hydrogen-bond acceptors (Lipinski definition) is 7. The van der Waals surface area contributed by atoms with Crippen LogP contribution in [0.1, 0.15) is 32.5 Å². The summed E-state index contributed by atoms with van der Waals surface area (Å²) in [7, 11) is 1.25. The Hall–Kier alpha value is -3.49. The normalized spacial score (nSPS) is 17.6. The van der Waals surface area contributed by atoms with Crippen LogP contribution in [0.2, 0.25) is 5.02 Å². The van der Waals surface area contributed by atoms with Crippen LogP contribution >= 0.6 is 22.9 Å². The van der Waals surface area contributed by atoms with Gasteiger partial charge in [-0.1, -0.05) is 53.3 Å². The van der Waals surface area contributed by atoms with Crippen molar-refractivity contribution in [2.24, 2.45) is 0 Å². The predicted octanol–water partition coefficient (Wildman–Crippen LogP) is 4.52. The van der Waals surface area contributed by atoms with Gasteiger partial charge in [-0.3, -0.25) is 14.5 Å². The largest absolute Gasteiger partial charge is 0.507 e. The summed E-state index contributed by atoms with van der Waals surface area (Å²) in [4.78, 5) is 44.1. The van der Waals surface area contributed by atoms with E-state index in [1.165, 1.54) is 12.0 Å². The third-order valence-electron chi connectivity index (χ3n) is 5.04. The molecule has 9 heteroatoms. The zero-order valence-corrected chi connectivity index (χ0v) is 18.6. The first kappa shape index (κ1) is 21.7. The Bertz CT molecular complexity index is 1250. The second-order valence-corrected chi connectivity index (χ2v) is 8.40. The summed E-state index contributed by atoms with van der Waals surface area (Å²) in [5, 5.41) is 11.7. The number of ether oxygens (including phenoxy) is 1. The van der Waals surface area contributed by atoms with Gasteiger partial charge < -0.3 is 9.84 Å². The van der Waals surface area contributed by atoms with E-state index in [2.05, 4.69) is 4.98 Å². The molecule has 0 radical (unpaired) electrons. The highest BCUT2D eigenvalue weighted by molar-refractivity contribution is 7.17. The molecule has 4 rings (SSSR count). The molecule has 162 valence electrons. The number of hydrogen-bond donors (Lipinski definition) is 1. The van der Waals surface area contributed by atoms with Crippen LogP contribution < -0.4 is 4.90 Å². The van der Waals surface area contributed by atoms with Crippen LogP contribution in [-0.4, -0.2) is 34.9 Å². The number of esters is 1. The number of halogens is 1. The van der Waals surface area contributed by atoms with E-state index in [-0.39, 0.29) is 21.3 Å². The third kappa shape index (κ3) is 3.68. The maximum absolute atomic E-state index is 13.1. The summed E-state index contributed by atoms with van der Waals surface area (Å²) >= 11 is 6.89. The molecule has 1 aromatic heterocycles. The zero-order valence-electron chi connectivity index (χ0n) is 17.0. The summed E-state index contributed by atoms with van der Waals surface area (Å²) < 4.78 is 4.78. The molecular weight excluding hydrogens is 452 g/mol. The number of carbonyl (C=O) groups excluding carboxylic acids is 3. The standard InChI is InChI=1S/C23H17ClN2O5S/c1-12-20(22(30)31-2)32-23(25-12)26-17(13-6-4-3-5-7-13)16(19(28)21(26)29)18(27)14-8-10-15(24)11-9-14/h3-11,17,27H,1-2H3/t17-/m1/s1. The SMILES string of the molecule is COC(=O)c1sc(N2C(=O)C(=O)C(=C(O)c3ccc(Cl)cc3)[C@H]2c2ccccc2)nc1C. The molecule has 1 saturated heterocycles. The Balaban J connectivity index is 1.92. The van der Waals surface area contributed by atoms with Gasteiger partial charge in [0.25, 0.3) is 5.78 Å². The van der Waals surface area contributed by atoms with Gasteiger partial charge in [-0.25, -0.2) is 9.78 Å². The Morgan fingerprint density at radius 3 is 2.41 bits per heavy atom. The van der Waals surface area contributed by atoms with Crippen molar-refractivity contribution in [1.82, 2.24) is 4.98 Å². The molecule has 7 nitrogen and oxygen atoms in total. The number of rotatable bonds is 4. The number of Topliss-reactive ketones (excluding diaryl/α,β-unsaturated/α-hetero) is 1. The maximum atomic E-state index is 13.1. The number of ketones is 1. The minimum atomic E-state index is -0.928. The quantitative estimate of drug-likeness (QED) is 0.262. The van der Waals surface area contributed by atoms with Crippen molar-refractivity contribution in [3.63, 3.8) is 0 Å². The molecule has 32 heavy (non-hydrogen) atoms. The molecule has 1 atom stereocenters. The number of benzene rings is 2. The summed E-state index contributed by atoms with van der Waals surface area (Å²) in [6.45, 7) is 1.62. The molecule has 0 spiro atoms. The molecule has 0 unspecified atom stereocenters. The number of carbonyl (C=O) groups is 3. The molecule has 0 aliphatic carbocycles. The van der Waals surface area contributed by atoms with Crippen molar-refractivity contribution in [3.05, 3.63) is 86.9 Å². The van der Waals surface area contributed by atoms with E-state index in [4.69, 9.17) is 16.3 Å². The van der Waals surface area contributed by atoms with E-state index in [1.807, 2.05) is 0 Å². The zero-order chi connectivity index (χ0) is 23.0. The van der Waals surface area contributed by atoms with E-state index in [0.717, 1.165) is 11.3 Å². The fraction of sp³-hybridized carbons (Fsp3) is 0.130. The number of nitrogens with zero attached hydrogens (tertiary/aromatic N) is 2. The molecule has 1 aliphatic rings. The van der Waals surface area contributed by atoms with Gasteiger partial charge >= 0.3 is 11.9 Å². The monoisotopic (exact) mass is 468 g/mol. The molecule has 0 bridgehead atoms. The number of aryl methyl sites for hydroxylation is 1.